The van der Waals surface area contributed by atoms with Gasteiger partial charge in [-0.15, -0.1) is 11.3 Å². The summed E-state index contributed by atoms with van der Waals surface area (Å²) >= 11 is 1.39. The summed E-state index contributed by atoms with van der Waals surface area (Å²) in [4.78, 5) is 20.8. The number of amides is 1. The smallest absolute Gasteiger partial charge is 0.266 e. The molecule has 1 aliphatic rings. The second-order valence-electron chi connectivity index (χ2n) is 8.75. The van der Waals surface area contributed by atoms with Crippen molar-refractivity contribution in [2.45, 2.75) is 53.5 Å². The Morgan fingerprint density at radius 1 is 0.919 bits per heavy atom. The zero-order chi connectivity index (χ0) is 26.4. The third-order valence-electron chi connectivity index (χ3n) is 6.40. The Hall–Kier alpha value is -3.26. The number of hydrogen-bond donors (Lipinski definition) is 0. The first kappa shape index (κ1) is 26.8. The highest BCUT2D eigenvalue weighted by Gasteiger charge is 2.34. The van der Waals surface area contributed by atoms with E-state index in [1.165, 1.54) is 16.9 Å². The summed E-state index contributed by atoms with van der Waals surface area (Å²) < 4.78 is 23.5. The lowest BCUT2D eigenvalue weighted by Gasteiger charge is -2.38. The number of carbonyl (C=O) groups is 1. The molecule has 198 valence electrons. The normalized spacial score (nSPS) is 14.7. The van der Waals surface area contributed by atoms with Crippen molar-refractivity contribution >= 4 is 17.2 Å². The molecule has 37 heavy (non-hydrogen) atoms. The number of nitrogens with zero attached hydrogens (tertiary/aromatic N) is 2. The van der Waals surface area contributed by atoms with E-state index in [4.69, 9.17) is 18.9 Å². The first-order valence-corrected chi connectivity index (χ1v) is 13.9. The molecule has 0 N–H and O–H groups in total. The maximum atomic E-state index is 13.8. The van der Waals surface area contributed by atoms with Gasteiger partial charge in [0.15, 0.2) is 23.0 Å². The van der Waals surface area contributed by atoms with Crippen LogP contribution in [0, 0.1) is 6.92 Å². The van der Waals surface area contributed by atoms with E-state index in [-0.39, 0.29) is 11.9 Å². The molecule has 1 atom stereocenters. The molecule has 0 bridgehead atoms. The fraction of sp³-hybridized carbons (Fsp3) is 0.448. The molecule has 0 saturated carbocycles. The summed E-state index contributed by atoms with van der Waals surface area (Å²) in [5.74, 6) is 2.91. The second-order valence-corrected chi connectivity index (χ2v) is 9.60. The molecule has 0 unspecified atom stereocenters. The average molecular weight is 525 g/mol. The number of fused-ring (bicyclic) bond motifs is 1. The first-order valence-electron chi connectivity index (χ1n) is 13.0. The standard InChI is InChI=1S/C29H36N2O5S/c1-6-33-24-11-10-20(15-25(24)34-7-2)14-23-22-17-27(36-9-4)26(35-8-3)16-21(22)12-13-31(23)29(32)28-19(5)30-18-37-28/h10-11,15-18,23H,6-9,12-14H2,1-5H3/t23-/m0/s1. The van der Waals surface area contributed by atoms with Crippen molar-refractivity contribution in [3.63, 3.8) is 0 Å². The largest absolute Gasteiger partial charge is 0.490 e. The van der Waals surface area contributed by atoms with Crippen LogP contribution in [0.5, 0.6) is 23.0 Å². The number of rotatable bonds is 11. The second kappa shape index (κ2) is 12.3. The molecule has 3 aromatic rings. The predicted molar refractivity (Wildman–Crippen MR) is 146 cm³/mol. The van der Waals surface area contributed by atoms with Crippen LogP contribution in [-0.2, 0) is 12.8 Å². The molecule has 0 fully saturated rings. The number of carbonyl (C=O) groups excluding carboxylic acids is 1. The Morgan fingerprint density at radius 2 is 1.54 bits per heavy atom. The zero-order valence-electron chi connectivity index (χ0n) is 22.3. The van der Waals surface area contributed by atoms with E-state index in [0.29, 0.717) is 50.0 Å². The van der Waals surface area contributed by atoms with Crippen molar-refractivity contribution in [3.05, 3.63) is 63.1 Å². The molecule has 2 aromatic carbocycles. The fourth-order valence-electron chi connectivity index (χ4n) is 4.79. The van der Waals surface area contributed by atoms with Crippen molar-refractivity contribution in [1.29, 1.82) is 0 Å². The van der Waals surface area contributed by atoms with Gasteiger partial charge in [0.25, 0.3) is 5.91 Å². The summed E-state index contributed by atoms with van der Waals surface area (Å²) in [6, 6.07) is 10.0. The zero-order valence-corrected chi connectivity index (χ0v) is 23.2. The minimum atomic E-state index is -0.181. The molecule has 2 heterocycles. The minimum absolute atomic E-state index is 0.0125. The van der Waals surface area contributed by atoms with E-state index in [1.807, 2.05) is 51.7 Å². The maximum Gasteiger partial charge on any atom is 0.266 e. The van der Waals surface area contributed by atoms with Crippen molar-refractivity contribution in [2.75, 3.05) is 33.0 Å². The number of benzene rings is 2. The Labute approximate surface area is 223 Å². The molecule has 0 radical (unpaired) electrons. The minimum Gasteiger partial charge on any atom is -0.490 e. The van der Waals surface area contributed by atoms with E-state index >= 15 is 0 Å². The van der Waals surface area contributed by atoms with E-state index in [1.54, 1.807) is 5.51 Å². The monoisotopic (exact) mass is 524 g/mol. The van der Waals surface area contributed by atoms with Crippen molar-refractivity contribution < 1.29 is 23.7 Å². The fourth-order valence-corrected chi connectivity index (χ4v) is 5.55. The number of aromatic nitrogens is 1. The van der Waals surface area contributed by atoms with E-state index < -0.39 is 0 Å². The van der Waals surface area contributed by atoms with Crippen LogP contribution in [0.4, 0.5) is 0 Å². The number of thiazole rings is 1. The highest BCUT2D eigenvalue weighted by molar-refractivity contribution is 7.11. The van der Waals surface area contributed by atoms with Gasteiger partial charge < -0.3 is 23.8 Å². The van der Waals surface area contributed by atoms with Crippen LogP contribution in [0.1, 0.15) is 65.8 Å². The molecule has 0 saturated heterocycles. The SMILES string of the molecule is CCOc1ccc(C[C@H]2c3cc(OCC)c(OCC)cc3CCN2C(=O)c2scnc2C)cc1OCC. The maximum absolute atomic E-state index is 13.8. The van der Waals surface area contributed by atoms with Gasteiger partial charge in [0.1, 0.15) is 4.88 Å². The van der Waals surface area contributed by atoms with Crippen LogP contribution in [0.3, 0.4) is 0 Å². The quantitative estimate of drug-likeness (QED) is 0.305. The van der Waals surface area contributed by atoms with Gasteiger partial charge in [0.2, 0.25) is 0 Å². The van der Waals surface area contributed by atoms with E-state index in [0.717, 1.165) is 40.5 Å². The number of ether oxygens (including phenoxy) is 4. The van der Waals surface area contributed by atoms with Crippen LogP contribution < -0.4 is 18.9 Å². The van der Waals surface area contributed by atoms with Crippen LogP contribution in [-0.4, -0.2) is 48.8 Å². The Morgan fingerprint density at radius 3 is 2.16 bits per heavy atom. The van der Waals surface area contributed by atoms with Gasteiger partial charge in [-0.1, -0.05) is 6.07 Å². The molecular formula is C29H36N2O5S. The van der Waals surface area contributed by atoms with Crippen molar-refractivity contribution in [1.82, 2.24) is 9.88 Å². The van der Waals surface area contributed by atoms with Gasteiger partial charge in [0, 0.05) is 6.54 Å². The third-order valence-corrected chi connectivity index (χ3v) is 7.32. The summed E-state index contributed by atoms with van der Waals surface area (Å²) in [6.07, 6.45) is 1.37. The van der Waals surface area contributed by atoms with Gasteiger partial charge in [0.05, 0.1) is 43.7 Å². The molecule has 0 aliphatic carbocycles. The van der Waals surface area contributed by atoms with Crippen molar-refractivity contribution in [2.24, 2.45) is 0 Å². The summed E-state index contributed by atoms with van der Waals surface area (Å²) in [5.41, 5.74) is 5.83. The van der Waals surface area contributed by atoms with Crippen LogP contribution in [0.25, 0.3) is 0 Å². The average Bonchev–Trinajstić information content (AvgIpc) is 3.32. The lowest BCUT2D eigenvalue weighted by Crippen LogP contribution is -2.41. The molecular weight excluding hydrogens is 488 g/mol. The Bertz CT molecular complexity index is 1230. The summed E-state index contributed by atoms with van der Waals surface area (Å²) in [7, 11) is 0. The van der Waals surface area contributed by atoms with E-state index in [9.17, 15) is 4.79 Å². The Balaban J connectivity index is 1.78. The van der Waals surface area contributed by atoms with Crippen molar-refractivity contribution in [3.8, 4) is 23.0 Å². The Kier molecular flexibility index (Phi) is 8.92. The van der Waals surface area contributed by atoms with Crippen LogP contribution in [0.15, 0.2) is 35.8 Å². The molecule has 8 heteroatoms. The van der Waals surface area contributed by atoms with Gasteiger partial charge in [-0.3, -0.25) is 4.79 Å². The van der Waals surface area contributed by atoms with Gasteiger partial charge in [-0.2, -0.15) is 0 Å². The third kappa shape index (κ3) is 5.85. The van der Waals surface area contributed by atoms with Gasteiger partial charge in [-0.25, -0.2) is 4.98 Å². The molecule has 1 aromatic heterocycles. The number of hydrogen-bond acceptors (Lipinski definition) is 7. The highest BCUT2D eigenvalue weighted by Crippen LogP contribution is 2.41. The van der Waals surface area contributed by atoms with E-state index in [2.05, 4.69) is 23.2 Å². The lowest BCUT2D eigenvalue weighted by molar-refractivity contribution is 0.0663. The summed E-state index contributed by atoms with van der Waals surface area (Å²) in [6.45, 7) is 12.6. The summed E-state index contributed by atoms with van der Waals surface area (Å²) in [5, 5.41) is 0. The molecule has 4 rings (SSSR count). The number of aryl methyl sites for hydroxylation is 1. The topological polar surface area (TPSA) is 70.1 Å². The molecule has 1 aliphatic heterocycles. The van der Waals surface area contributed by atoms with Crippen LogP contribution >= 0.6 is 11.3 Å². The molecule has 0 spiro atoms. The lowest BCUT2D eigenvalue weighted by atomic mass is 9.87. The highest BCUT2D eigenvalue weighted by atomic mass is 32.1. The first-order chi connectivity index (χ1) is 18.0. The van der Waals surface area contributed by atoms with Crippen LogP contribution in [0.2, 0.25) is 0 Å². The molecule has 7 nitrogen and oxygen atoms in total. The predicted octanol–water partition coefficient (Wildman–Crippen LogP) is 6.03. The van der Waals surface area contributed by atoms with Gasteiger partial charge >= 0.3 is 0 Å². The van der Waals surface area contributed by atoms with Gasteiger partial charge in [-0.05, 0) is 88.4 Å². The molecule has 1 amide bonds.